The molecule has 96 valence electrons. The van der Waals surface area contributed by atoms with Crippen molar-refractivity contribution in [3.63, 3.8) is 0 Å². The largest absolute Gasteiger partial charge is 0.345 e. The molecule has 2 rings (SSSR count). The molecule has 0 spiro atoms. The van der Waals surface area contributed by atoms with E-state index in [9.17, 15) is 14.9 Å². The minimum atomic E-state index is -0.488. The highest BCUT2D eigenvalue weighted by Gasteiger charge is 2.18. The van der Waals surface area contributed by atoms with Crippen LogP contribution in [0.4, 0.5) is 5.69 Å². The van der Waals surface area contributed by atoms with E-state index in [0.717, 1.165) is 0 Å². The molecule has 0 saturated carbocycles. The van der Waals surface area contributed by atoms with Gasteiger partial charge in [0, 0.05) is 18.5 Å². The van der Waals surface area contributed by atoms with E-state index in [1.807, 2.05) is 0 Å². The van der Waals surface area contributed by atoms with Gasteiger partial charge >= 0.3 is 0 Å². The summed E-state index contributed by atoms with van der Waals surface area (Å²) < 4.78 is 0. The second kappa shape index (κ2) is 4.82. The first kappa shape index (κ1) is 12.6. The second-order valence-corrected chi connectivity index (χ2v) is 4.05. The van der Waals surface area contributed by atoms with Crippen molar-refractivity contribution in [2.24, 2.45) is 0 Å². The molecule has 6 nitrogen and oxygen atoms in total. The molecule has 1 amide bonds. The van der Waals surface area contributed by atoms with Crippen LogP contribution in [-0.2, 0) is 0 Å². The summed E-state index contributed by atoms with van der Waals surface area (Å²) in [5.74, 6) is 2.06. The predicted molar refractivity (Wildman–Crippen MR) is 70.7 cm³/mol. The van der Waals surface area contributed by atoms with Gasteiger partial charge in [0.05, 0.1) is 11.5 Å². The number of terminal acetylenes is 1. The van der Waals surface area contributed by atoms with Crippen molar-refractivity contribution in [2.75, 3.05) is 13.6 Å². The lowest BCUT2D eigenvalue weighted by molar-refractivity contribution is -0.383. The number of carbonyl (C=O) groups is 1. The maximum absolute atomic E-state index is 12.0. The van der Waals surface area contributed by atoms with Gasteiger partial charge in [-0.1, -0.05) is 18.1 Å². The van der Waals surface area contributed by atoms with Crippen LogP contribution in [0.3, 0.4) is 0 Å². The average Bonchev–Trinajstić information content (AvgIpc) is 2.81. The Hall–Kier alpha value is -2.81. The number of nitrogens with one attached hydrogen (secondary N) is 1. The molecule has 0 bridgehead atoms. The Kier molecular flexibility index (Phi) is 3.21. The normalized spacial score (nSPS) is 10.1. The Labute approximate surface area is 109 Å². The maximum Gasteiger partial charge on any atom is 0.293 e. The van der Waals surface area contributed by atoms with Crippen LogP contribution in [-0.4, -0.2) is 34.3 Å². The summed E-state index contributed by atoms with van der Waals surface area (Å²) in [6, 6.07) is 6.25. The zero-order valence-corrected chi connectivity index (χ0v) is 10.2. The van der Waals surface area contributed by atoms with Crippen molar-refractivity contribution in [3.8, 4) is 12.3 Å². The molecule has 6 heteroatoms. The van der Waals surface area contributed by atoms with Gasteiger partial charge in [0.25, 0.3) is 11.6 Å². The molecule has 2 aromatic rings. The lowest BCUT2D eigenvalue weighted by Crippen LogP contribution is -2.27. The van der Waals surface area contributed by atoms with E-state index in [-0.39, 0.29) is 23.8 Å². The first-order valence-electron chi connectivity index (χ1n) is 5.49. The number of non-ortho nitro benzene ring substituents is 1. The van der Waals surface area contributed by atoms with Crippen molar-refractivity contribution >= 4 is 22.5 Å². The highest BCUT2D eigenvalue weighted by molar-refractivity contribution is 6.00. The third-order valence-corrected chi connectivity index (χ3v) is 2.74. The quantitative estimate of drug-likeness (QED) is 0.517. The number of carbonyl (C=O) groups excluding carboxylic acids is 1. The van der Waals surface area contributed by atoms with E-state index in [1.165, 1.54) is 11.0 Å². The van der Waals surface area contributed by atoms with Crippen LogP contribution >= 0.6 is 0 Å². The van der Waals surface area contributed by atoms with Crippen LogP contribution in [0, 0.1) is 22.5 Å². The van der Waals surface area contributed by atoms with Crippen LogP contribution in [0.5, 0.6) is 0 Å². The number of aromatic amines is 1. The second-order valence-electron chi connectivity index (χ2n) is 4.05. The minimum Gasteiger partial charge on any atom is -0.345 e. The third-order valence-electron chi connectivity index (χ3n) is 2.74. The summed E-state index contributed by atoms with van der Waals surface area (Å²) in [5.41, 5.74) is 0.558. The highest BCUT2D eigenvalue weighted by atomic mass is 16.6. The number of hydrogen-bond acceptors (Lipinski definition) is 3. The van der Waals surface area contributed by atoms with Gasteiger partial charge in [0.1, 0.15) is 11.2 Å². The molecule has 1 aromatic heterocycles. The number of rotatable bonds is 3. The summed E-state index contributed by atoms with van der Waals surface area (Å²) in [6.45, 7) is 0.177. The van der Waals surface area contributed by atoms with E-state index in [0.29, 0.717) is 10.9 Å². The molecule has 1 aromatic carbocycles. The Morgan fingerprint density at radius 1 is 1.58 bits per heavy atom. The summed E-state index contributed by atoms with van der Waals surface area (Å²) in [5, 5.41) is 11.5. The van der Waals surface area contributed by atoms with Gasteiger partial charge in [0.15, 0.2) is 0 Å². The third kappa shape index (κ3) is 2.26. The first-order chi connectivity index (χ1) is 9.04. The fourth-order valence-corrected chi connectivity index (χ4v) is 1.82. The monoisotopic (exact) mass is 257 g/mol. The number of fused-ring (bicyclic) bond motifs is 1. The summed E-state index contributed by atoms with van der Waals surface area (Å²) in [4.78, 5) is 26.6. The average molecular weight is 257 g/mol. The summed E-state index contributed by atoms with van der Waals surface area (Å²) in [7, 11) is 1.57. The lowest BCUT2D eigenvalue weighted by atomic mass is 10.2. The predicted octanol–water partition coefficient (Wildman–Crippen LogP) is 1.78. The smallest absolute Gasteiger partial charge is 0.293 e. The number of para-hydroxylation sites is 1. The van der Waals surface area contributed by atoms with E-state index in [4.69, 9.17) is 6.42 Å². The summed E-state index contributed by atoms with van der Waals surface area (Å²) in [6.07, 6.45) is 5.14. The van der Waals surface area contributed by atoms with Crippen molar-refractivity contribution in [2.45, 2.75) is 0 Å². The van der Waals surface area contributed by atoms with Crippen LogP contribution in [0.15, 0.2) is 24.3 Å². The molecule has 0 fully saturated rings. The number of amides is 1. The van der Waals surface area contributed by atoms with Gasteiger partial charge in [-0.25, -0.2) is 0 Å². The molecule has 0 aliphatic heterocycles. The molecule has 19 heavy (non-hydrogen) atoms. The van der Waals surface area contributed by atoms with Gasteiger partial charge in [-0.05, 0) is 6.07 Å². The van der Waals surface area contributed by atoms with Crippen molar-refractivity contribution in [3.05, 3.63) is 40.1 Å². The number of nitrogens with zero attached hydrogens (tertiary/aromatic N) is 2. The molecule has 1 heterocycles. The van der Waals surface area contributed by atoms with E-state index in [2.05, 4.69) is 10.9 Å². The molecule has 0 radical (unpaired) electrons. The SMILES string of the molecule is C#CCN(C)C(=O)c1cc2cccc([N+](=O)[O-])c2[nH]1. The van der Waals surface area contributed by atoms with Gasteiger partial charge in [-0.15, -0.1) is 6.42 Å². The number of benzene rings is 1. The fraction of sp³-hybridized carbons (Fsp3) is 0.154. The highest BCUT2D eigenvalue weighted by Crippen LogP contribution is 2.25. The van der Waals surface area contributed by atoms with Crippen molar-refractivity contribution in [1.82, 2.24) is 9.88 Å². The molecule has 0 atom stereocenters. The molecule has 0 unspecified atom stereocenters. The van der Waals surface area contributed by atoms with E-state index >= 15 is 0 Å². The van der Waals surface area contributed by atoms with Crippen LogP contribution in [0.25, 0.3) is 10.9 Å². The number of nitro benzene ring substituents is 1. The molecule has 1 N–H and O–H groups in total. The lowest BCUT2D eigenvalue weighted by Gasteiger charge is -2.11. The Morgan fingerprint density at radius 2 is 2.32 bits per heavy atom. The zero-order valence-electron chi connectivity index (χ0n) is 10.2. The minimum absolute atomic E-state index is 0.0591. The number of hydrogen-bond donors (Lipinski definition) is 1. The Morgan fingerprint density at radius 3 is 2.95 bits per heavy atom. The summed E-state index contributed by atoms with van der Waals surface area (Å²) >= 11 is 0. The van der Waals surface area contributed by atoms with Crippen molar-refractivity contribution in [1.29, 1.82) is 0 Å². The van der Waals surface area contributed by atoms with Crippen LogP contribution in [0.1, 0.15) is 10.5 Å². The molecular formula is C13H11N3O3. The topological polar surface area (TPSA) is 79.2 Å². The molecule has 0 saturated heterocycles. The van der Waals surface area contributed by atoms with E-state index < -0.39 is 4.92 Å². The van der Waals surface area contributed by atoms with Gasteiger partial charge < -0.3 is 9.88 Å². The van der Waals surface area contributed by atoms with Crippen molar-refractivity contribution < 1.29 is 9.72 Å². The molecule has 0 aliphatic carbocycles. The van der Waals surface area contributed by atoms with Crippen LogP contribution < -0.4 is 0 Å². The fourth-order valence-electron chi connectivity index (χ4n) is 1.82. The van der Waals surface area contributed by atoms with E-state index in [1.54, 1.807) is 25.2 Å². The maximum atomic E-state index is 12.0. The molecule has 0 aliphatic rings. The number of aromatic nitrogens is 1. The molecular weight excluding hydrogens is 246 g/mol. The number of H-pyrrole nitrogens is 1. The van der Waals surface area contributed by atoms with Gasteiger partial charge in [-0.2, -0.15) is 0 Å². The standard InChI is InChI=1S/C13H11N3O3/c1-3-7-15(2)13(17)10-8-9-5-4-6-11(16(18)19)12(9)14-10/h1,4-6,8,14H,7H2,2H3. The van der Waals surface area contributed by atoms with Crippen LogP contribution in [0.2, 0.25) is 0 Å². The van der Waals surface area contributed by atoms with Gasteiger partial charge in [-0.3, -0.25) is 14.9 Å². The first-order valence-corrected chi connectivity index (χ1v) is 5.49. The van der Waals surface area contributed by atoms with Gasteiger partial charge in [0.2, 0.25) is 0 Å². The Bertz CT molecular complexity index is 697. The Balaban J connectivity index is 2.48. The zero-order chi connectivity index (χ0) is 14.0. The number of nitro groups is 1.